The number of benzene rings is 2. The summed E-state index contributed by atoms with van der Waals surface area (Å²) in [5.41, 5.74) is 2.37. The molecular formula is C18H17ClO. The summed E-state index contributed by atoms with van der Waals surface area (Å²) in [7, 11) is 0. The van der Waals surface area contributed by atoms with Crippen molar-refractivity contribution in [3.05, 3.63) is 71.2 Å². The van der Waals surface area contributed by atoms with Crippen LogP contribution in [0.5, 0.6) is 0 Å². The number of furan rings is 1. The molecule has 0 saturated carbocycles. The van der Waals surface area contributed by atoms with Gasteiger partial charge in [-0.3, -0.25) is 0 Å². The molecule has 1 nitrogen and oxygen atoms in total. The van der Waals surface area contributed by atoms with Crippen molar-refractivity contribution in [3.63, 3.8) is 0 Å². The van der Waals surface area contributed by atoms with Crippen molar-refractivity contribution in [1.29, 1.82) is 0 Å². The van der Waals surface area contributed by atoms with Crippen LogP contribution < -0.4 is 0 Å². The van der Waals surface area contributed by atoms with Crippen molar-refractivity contribution in [2.45, 2.75) is 25.6 Å². The zero-order valence-electron chi connectivity index (χ0n) is 11.7. The summed E-state index contributed by atoms with van der Waals surface area (Å²) in [4.78, 5) is 0. The molecule has 0 spiro atoms. The number of fused-ring (bicyclic) bond motifs is 1. The summed E-state index contributed by atoms with van der Waals surface area (Å²) in [6, 6.07) is 16.6. The Labute approximate surface area is 124 Å². The maximum Gasteiger partial charge on any atom is 0.126 e. The number of alkyl halides is 1. The largest absolute Gasteiger partial charge is 0.464 e. The fraction of sp³-hybridized carbons (Fsp3) is 0.222. The lowest BCUT2D eigenvalue weighted by atomic mass is 9.97. The van der Waals surface area contributed by atoms with E-state index >= 15 is 0 Å². The van der Waals surface area contributed by atoms with Gasteiger partial charge in [-0.1, -0.05) is 43.3 Å². The Morgan fingerprint density at radius 2 is 1.75 bits per heavy atom. The van der Waals surface area contributed by atoms with E-state index in [1.165, 1.54) is 16.3 Å². The Kier molecular flexibility index (Phi) is 3.54. The minimum Gasteiger partial charge on any atom is -0.464 e. The second kappa shape index (κ2) is 5.34. The van der Waals surface area contributed by atoms with E-state index in [4.69, 9.17) is 16.0 Å². The van der Waals surface area contributed by atoms with Gasteiger partial charge in [-0.25, -0.2) is 0 Å². The third-order valence-electron chi connectivity index (χ3n) is 3.73. The number of halogens is 1. The number of rotatable bonds is 3. The molecular weight excluding hydrogens is 268 g/mol. The van der Waals surface area contributed by atoms with Gasteiger partial charge in [0.05, 0.1) is 0 Å². The molecule has 1 aromatic heterocycles. The average molecular weight is 285 g/mol. The van der Waals surface area contributed by atoms with E-state index < -0.39 is 0 Å². The zero-order chi connectivity index (χ0) is 14.1. The third kappa shape index (κ3) is 2.23. The van der Waals surface area contributed by atoms with Crippen LogP contribution in [0.1, 0.15) is 34.9 Å². The molecule has 0 fully saturated rings. The summed E-state index contributed by atoms with van der Waals surface area (Å²) in [6.45, 7) is 4.20. The molecule has 0 aliphatic rings. The van der Waals surface area contributed by atoms with Crippen molar-refractivity contribution in [2.24, 2.45) is 0 Å². The van der Waals surface area contributed by atoms with Gasteiger partial charge in [0.1, 0.15) is 16.9 Å². The van der Waals surface area contributed by atoms with Crippen LogP contribution in [0.3, 0.4) is 0 Å². The van der Waals surface area contributed by atoms with E-state index in [1.807, 2.05) is 12.1 Å². The molecule has 20 heavy (non-hydrogen) atoms. The SMILES string of the molecule is CCc1ccc(C(Cl)c2ccc(C)c3ccccc23)o1. The predicted molar refractivity (Wildman–Crippen MR) is 84.5 cm³/mol. The lowest BCUT2D eigenvalue weighted by Gasteiger charge is -2.12. The summed E-state index contributed by atoms with van der Waals surface area (Å²) in [5, 5.41) is 2.20. The standard InChI is InChI=1S/C18H17ClO/c1-3-13-9-11-17(20-13)18(19)16-10-8-12(2)14-6-4-5-7-15(14)16/h4-11,18H,3H2,1-2H3. The monoisotopic (exact) mass is 284 g/mol. The minimum atomic E-state index is -0.249. The average Bonchev–Trinajstić information content (AvgIpc) is 2.96. The van der Waals surface area contributed by atoms with Gasteiger partial charge in [0.2, 0.25) is 0 Å². The number of aryl methyl sites for hydroxylation is 2. The Bertz CT molecular complexity index is 742. The van der Waals surface area contributed by atoms with Gasteiger partial charge in [0.25, 0.3) is 0 Å². The van der Waals surface area contributed by atoms with Gasteiger partial charge in [-0.05, 0) is 41.0 Å². The molecule has 1 heterocycles. The van der Waals surface area contributed by atoms with E-state index in [9.17, 15) is 0 Å². The van der Waals surface area contributed by atoms with E-state index in [2.05, 4.69) is 50.2 Å². The maximum atomic E-state index is 6.64. The topological polar surface area (TPSA) is 13.1 Å². The molecule has 0 amide bonds. The first-order chi connectivity index (χ1) is 9.70. The van der Waals surface area contributed by atoms with Crippen LogP contribution in [0.25, 0.3) is 10.8 Å². The summed E-state index contributed by atoms with van der Waals surface area (Å²) >= 11 is 6.64. The summed E-state index contributed by atoms with van der Waals surface area (Å²) in [6.07, 6.45) is 0.887. The lowest BCUT2D eigenvalue weighted by Crippen LogP contribution is -1.94. The van der Waals surface area contributed by atoms with E-state index in [0.717, 1.165) is 23.5 Å². The van der Waals surface area contributed by atoms with Crippen LogP contribution in [0.2, 0.25) is 0 Å². The molecule has 3 rings (SSSR count). The van der Waals surface area contributed by atoms with Crippen LogP contribution >= 0.6 is 11.6 Å². The smallest absolute Gasteiger partial charge is 0.126 e. The van der Waals surface area contributed by atoms with Gasteiger partial charge in [-0.15, -0.1) is 11.6 Å². The highest BCUT2D eigenvalue weighted by Gasteiger charge is 2.17. The highest BCUT2D eigenvalue weighted by Crippen LogP contribution is 2.35. The van der Waals surface area contributed by atoms with Crippen LogP contribution in [0, 0.1) is 6.92 Å². The first-order valence-corrected chi connectivity index (χ1v) is 7.35. The molecule has 0 aliphatic carbocycles. The van der Waals surface area contributed by atoms with Crippen molar-refractivity contribution in [3.8, 4) is 0 Å². The van der Waals surface area contributed by atoms with Gasteiger partial charge in [0.15, 0.2) is 0 Å². The molecule has 1 atom stereocenters. The van der Waals surface area contributed by atoms with Crippen molar-refractivity contribution in [2.75, 3.05) is 0 Å². The molecule has 0 bridgehead atoms. The van der Waals surface area contributed by atoms with E-state index in [0.29, 0.717) is 0 Å². The maximum absolute atomic E-state index is 6.64. The van der Waals surface area contributed by atoms with Gasteiger partial charge in [-0.2, -0.15) is 0 Å². The molecule has 102 valence electrons. The van der Waals surface area contributed by atoms with Crippen LogP contribution in [0.4, 0.5) is 0 Å². The third-order valence-corrected chi connectivity index (χ3v) is 4.18. The Morgan fingerprint density at radius 1 is 1.00 bits per heavy atom. The molecule has 2 aromatic carbocycles. The predicted octanol–water partition coefficient (Wildman–Crippen LogP) is 5.63. The lowest BCUT2D eigenvalue weighted by molar-refractivity contribution is 0.475. The van der Waals surface area contributed by atoms with Crippen LogP contribution in [-0.4, -0.2) is 0 Å². The summed E-state index contributed by atoms with van der Waals surface area (Å²) < 4.78 is 5.80. The number of hydrogen-bond acceptors (Lipinski definition) is 1. The van der Waals surface area contributed by atoms with Crippen molar-refractivity contribution >= 4 is 22.4 Å². The molecule has 0 N–H and O–H groups in total. The Hall–Kier alpha value is -1.73. The number of hydrogen-bond donors (Lipinski definition) is 0. The molecule has 2 heteroatoms. The molecule has 0 radical (unpaired) electrons. The van der Waals surface area contributed by atoms with Crippen LogP contribution in [-0.2, 0) is 6.42 Å². The van der Waals surface area contributed by atoms with Crippen LogP contribution in [0.15, 0.2) is 52.9 Å². The first kappa shape index (κ1) is 13.3. The molecule has 0 aliphatic heterocycles. The second-order valence-electron chi connectivity index (χ2n) is 5.04. The Balaban J connectivity index is 2.12. The normalized spacial score (nSPS) is 12.8. The molecule has 0 saturated heterocycles. The first-order valence-electron chi connectivity index (χ1n) is 6.91. The quantitative estimate of drug-likeness (QED) is 0.568. The van der Waals surface area contributed by atoms with Crippen molar-refractivity contribution < 1.29 is 4.42 Å². The minimum absolute atomic E-state index is 0.249. The second-order valence-corrected chi connectivity index (χ2v) is 5.47. The van der Waals surface area contributed by atoms with Gasteiger partial charge >= 0.3 is 0 Å². The highest BCUT2D eigenvalue weighted by molar-refractivity contribution is 6.23. The summed E-state index contributed by atoms with van der Waals surface area (Å²) in [5.74, 6) is 1.79. The zero-order valence-corrected chi connectivity index (χ0v) is 12.4. The molecule has 1 unspecified atom stereocenters. The fourth-order valence-electron chi connectivity index (χ4n) is 2.57. The van der Waals surface area contributed by atoms with E-state index in [1.54, 1.807) is 0 Å². The van der Waals surface area contributed by atoms with E-state index in [-0.39, 0.29) is 5.38 Å². The molecule has 3 aromatic rings. The highest BCUT2D eigenvalue weighted by atomic mass is 35.5. The van der Waals surface area contributed by atoms with Gasteiger partial charge in [0, 0.05) is 6.42 Å². The van der Waals surface area contributed by atoms with Crippen molar-refractivity contribution in [1.82, 2.24) is 0 Å². The fourth-order valence-corrected chi connectivity index (χ4v) is 2.88. The Morgan fingerprint density at radius 3 is 2.45 bits per heavy atom. The van der Waals surface area contributed by atoms with Gasteiger partial charge < -0.3 is 4.42 Å².